The van der Waals surface area contributed by atoms with Crippen LogP contribution < -0.4 is 11.1 Å². The molecule has 2 fully saturated rings. The quantitative estimate of drug-likeness (QED) is 0.745. The van der Waals surface area contributed by atoms with E-state index in [2.05, 4.69) is 17.3 Å². The van der Waals surface area contributed by atoms with Crippen LogP contribution in [-0.2, 0) is 0 Å². The molecular formula is C16H23N3O2. The molecule has 2 aliphatic heterocycles. The molecule has 2 unspecified atom stereocenters. The normalized spacial score (nSPS) is 29.1. The number of piperidine rings is 2. The fourth-order valence-corrected chi connectivity index (χ4v) is 3.82. The molecule has 2 heterocycles. The zero-order valence-corrected chi connectivity index (χ0v) is 12.4. The number of nitrogens with two attached hydrogens (primary N) is 1. The Morgan fingerprint density at radius 1 is 1.33 bits per heavy atom. The standard InChI is InChI=1S/C16H23N3O2/c1-19-12-3-2-4-13(19)9-11(8-12)18-15-7-10(17)5-6-14(15)16(20)21/h5-7,11-13,18H,2-4,8-9,17H2,1H3,(H,20,21). The van der Waals surface area contributed by atoms with Crippen LogP contribution >= 0.6 is 0 Å². The summed E-state index contributed by atoms with van der Waals surface area (Å²) < 4.78 is 0. The first-order valence-electron chi connectivity index (χ1n) is 7.66. The molecule has 1 aromatic rings. The van der Waals surface area contributed by atoms with Crippen molar-refractivity contribution in [3.05, 3.63) is 23.8 Å². The Kier molecular flexibility index (Phi) is 3.76. The van der Waals surface area contributed by atoms with E-state index in [-0.39, 0.29) is 0 Å². The molecule has 21 heavy (non-hydrogen) atoms. The van der Waals surface area contributed by atoms with Crippen molar-refractivity contribution in [2.24, 2.45) is 0 Å². The van der Waals surface area contributed by atoms with Crippen molar-refractivity contribution in [3.63, 3.8) is 0 Å². The van der Waals surface area contributed by atoms with E-state index < -0.39 is 5.97 Å². The van der Waals surface area contributed by atoms with Gasteiger partial charge in [0.15, 0.2) is 0 Å². The summed E-state index contributed by atoms with van der Waals surface area (Å²) in [6.45, 7) is 0. The Bertz CT molecular complexity index is 532. The molecule has 4 N–H and O–H groups in total. The maximum atomic E-state index is 11.3. The van der Waals surface area contributed by atoms with Gasteiger partial charge in [-0.15, -0.1) is 0 Å². The predicted octanol–water partition coefficient (Wildman–Crippen LogP) is 2.39. The first-order valence-corrected chi connectivity index (χ1v) is 7.66. The summed E-state index contributed by atoms with van der Waals surface area (Å²) >= 11 is 0. The number of carbonyl (C=O) groups is 1. The number of aromatic carboxylic acids is 1. The highest BCUT2D eigenvalue weighted by molar-refractivity contribution is 5.95. The summed E-state index contributed by atoms with van der Waals surface area (Å²) in [7, 11) is 2.22. The Morgan fingerprint density at radius 3 is 2.62 bits per heavy atom. The third kappa shape index (κ3) is 2.83. The fraction of sp³-hybridized carbons (Fsp3) is 0.562. The van der Waals surface area contributed by atoms with E-state index in [1.807, 2.05) is 0 Å². The Labute approximate surface area is 125 Å². The molecule has 0 aromatic heterocycles. The molecule has 2 atom stereocenters. The highest BCUT2D eigenvalue weighted by Crippen LogP contribution is 2.34. The van der Waals surface area contributed by atoms with Gasteiger partial charge in [-0.1, -0.05) is 6.42 Å². The summed E-state index contributed by atoms with van der Waals surface area (Å²) in [5.74, 6) is -0.911. The molecule has 2 bridgehead atoms. The van der Waals surface area contributed by atoms with E-state index in [9.17, 15) is 9.90 Å². The van der Waals surface area contributed by atoms with Crippen molar-refractivity contribution < 1.29 is 9.90 Å². The number of hydrogen-bond donors (Lipinski definition) is 3. The first kappa shape index (κ1) is 14.2. The van der Waals surface area contributed by atoms with E-state index in [4.69, 9.17) is 5.73 Å². The molecule has 2 aliphatic rings. The summed E-state index contributed by atoms with van der Waals surface area (Å²) in [5.41, 5.74) is 7.35. The molecule has 5 heteroatoms. The zero-order valence-electron chi connectivity index (χ0n) is 12.4. The Balaban J connectivity index is 1.78. The number of nitrogen functional groups attached to an aromatic ring is 1. The molecule has 3 rings (SSSR count). The monoisotopic (exact) mass is 289 g/mol. The van der Waals surface area contributed by atoms with Crippen LogP contribution in [0, 0.1) is 0 Å². The van der Waals surface area contributed by atoms with Crippen LogP contribution in [0.15, 0.2) is 18.2 Å². The number of anilines is 2. The molecular weight excluding hydrogens is 266 g/mol. The van der Waals surface area contributed by atoms with Crippen LogP contribution in [0.25, 0.3) is 0 Å². The first-order chi connectivity index (χ1) is 10.0. The van der Waals surface area contributed by atoms with Crippen LogP contribution in [0.3, 0.4) is 0 Å². The molecule has 5 nitrogen and oxygen atoms in total. The number of carboxylic acid groups (broad SMARTS) is 1. The molecule has 0 spiro atoms. The second-order valence-corrected chi connectivity index (χ2v) is 6.33. The van der Waals surface area contributed by atoms with Gasteiger partial charge >= 0.3 is 5.97 Å². The van der Waals surface area contributed by atoms with Crippen molar-refractivity contribution in [3.8, 4) is 0 Å². The lowest BCUT2D eigenvalue weighted by Crippen LogP contribution is -2.52. The minimum atomic E-state index is -0.911. The van der Waals surface area contributed by atoms with E-state index in [1.165, 1.54) is 19.3 Å². The highest BCUT2D eigenvalue weighted by atomic mass is 16.4. The van der Waals surface area contributed by atoms with Crippen LogP contribution in [0.5, 0.6) is 0 Å². The third-order valence-corrected chi connectivity index (χ3v) is 4.97. The number of nitrogens with zero attached hydrogens (tertiary/aromatic N) is 1. The molecule has 0 aliphatic carbocycles. The van der Waals surface area contributed by atoms with Crippen molar-refractivity contribution in [2.75, 3.05) is 18.1 Å². The van der Waals surface area contributed by atoms with E-state index in [0.717, 1.165) is 12.8 Å². The van der Waals surface area contributed by atoms with Gasteiger partial charge in [0, 0.05) is 23.8 Å². The number of rotatable bonds is 3. The van der Waals surface area contributed by atoms with Gasteiger partial charge in [-0.25, -0.2) is 4.79 Å². The van der Waals surface area contributed by atoms with Gasteiger partial charge in [-0.05, 0) is 50.9 Å². The van der Waals surface area contributed by atoms with Gasteiger partial charge in [-0.2, -0.15) is 0 Å². The lowest BCUT2D eigenvalue weighted by Gasteiger charge is -2.47. The highest BCUT2D eigenvalue weighted by Gasteiger charge is 2.36. The van der Waals surface area contributed by atoms with Gasteiger partial charge in [0.2, 0.25) is 0 Å². The van der Waals surface area contributed by atoms with Crippen LogP contribution in [0.4, 0.5) is 11.4 Å². The molecule has 0 radical (unpaired) electrons. The number of benzene rings is 1. The summed E-state index contributed by atoms with van der Waals surface area (Å²) in [6, 6.07) is 6.51. The average Bonchev–Trinajstić information content (AvgIpc) is 2.39. The molecule has 0 saturated carbocycles. The minimum absolute atomic E-state index is 0.299. The lowest BCUT2D eigenvalue weighted by atomic mass is 9.82. The van der Waals surface area contributed by atoms with E-state index in [1.54, 1.807) is 18.2 Å². The van der Waals surface area contributed by atoms with Gasteiger partial charge < -0.3 is 21.1 Å². The predicted molar refractivity (Wildman–Crippen MR) is 83.6 cm³/mol. The van der Waals surface area contributed by atoms with Crippen LogP contribution in [0.1, 0.15) is 42.5 Å². The van der Waals surface area contributed by atoms with Crippen molar-refractivity contribution >= 4 is 17.3 Å². The van der Waals surface area contributed by atoms with Crippen molar-refractivity contribution in [1.29, 1.82) is 0 Å². The third-order valence-electron chi connectivity index (χ3n) is 4.97. The number of nitrogens with one attached hydrogen (secondary N) is 1. The van der Waals surface area contributed by atoms with E-state index in [0.29, 0.717) is 35.1 Å². The topological polar surface area (TPSA) is 78.6 Å². The van der Waals surface area contributed by atoms with Crippen LogP contribution in [-0.4, -0.2) is 41.1 Å². The van der Waals surface area contributed by atoms with Gasteiger partial charge in [0.05, 0.1) is 11.3 Å². The Hall–Kier alpha value is -1.75. The number of fused-ring (bicyclic) bond motifs is 2. The zero-order chi connectivity index (χ0) is 15.0. The van der Waals surface area contributed by atoms with Crippen molar-refractivity contribution in [1.82, 2.24) is 4.90 Å². The van der Waals surface area contributed by atoms with E-state index >= 15 is 0 Å². The largest absolute Gasteiger partial charge is 0.478 e. The maximum absolute atomic E-state index is 11.3. The lowest BCUT2D eigenvalue weighted by molar-refractivity contribution is 0.0607. The summed E-state index contributed by atoms with van der Waals surface area (Å²) in [6.07, 6.45) is 5.94. The van der Waals surface area contributed by atoms with Crippen molar-refractivity contribution in [2.45, 2.75) is 50.2 Å². The van der Waals surface area contributed by atoms with Gasteiger partial charge in [-0.3, -0.25) is 0 Å². The summed E-state index contributed by atoms with van der Waals surface area (Å²) in [5, 5.41) is 12.7. The van der Waals surface area contributed by atoms with Gasteiger partial charge in [0.25, 0.3) is 0 Å². The maximum Gasteiger partial charge on any atom is 0.337 e. The number of carboxylic acids is 1. The summed E-state index contributed by atoms with van der Waals surface area (Å²) in [4.78, 5) is 13.8. The molecule has 2 saturated heterocycles. The average molecular weight is 289 g/mol. The van der Waals surface area contributed by atoms with Crippen LogP contribution in [0.2, 0.25) is 0 Å². The second kappa shape index (κ2) is 5.56. The van der Waals surface area contributed by atoms with Gasteiger partial charge in [0.1, 0.15) is 0 Å². The second-order valence-electron chi connectivity index (χ2n) is 6.33. The molecule has 0 amide bonds. The molecule has 114 valence electrons. The Morgan fingerprint density at radius 2 is 2.00 bits per heavy atom. The SMILES string of the molecule is CN1C2CCCC1CC(Nc1cc(N)ccc1C(=O)O)C2. The minimum Gasteiger partial charge on any atom is -0.478 e. The number of hydrogen-bond acceptors (Lipinski definition) is 4. The molecule has 1 aromatic carbocycles. The smallest absolute Gasteiger partial charge is 0.337 e. The fourth-order valence-electron chi connectivity index (χ4n) is 3.82.